The first-order valence-electron chi connectivity index (χ1n) is 7.41. The number of hydrogen-bond acceptors (Lipinski definition) is 4. The van der Waals surface area contributed by atoms with Crippen LogP contribution in [0.1, 0.15) is 28.8 Å². The second-order valence-electron chi connectivity index (χ2n) is 6.05. The maximum Gasteiger partial charge on any atom is 0.238 e. The van der Waals surface area contributed by atoms with Gasteiger partial charge in [-0.05, 0) is 51.4 Å². The number of nitrogens with one attached hydrogen (secondary N) is 1. The van der Waals surface area contributed by atoms with Gasteiger partial charge in [-0.15, -0.1) is 11.3 Å². The van der Waals surface area contributed by atoms with Gasteiger partial charge in [-0.3, -0.25) is 10.1 Å². The Balaban J connectivity index is 1.70. The van der Waals surface area contributed by atoms with E-state index in [1.807, 2.05) is 0 Å². The van der Waals surface area contributed by atoms with Crippen LogP contribution >= 0.6 is 11.3 Å². The number of aryl methyl sites for hydroxylation is 1. The predicted molar refractivity (Wildman–Crippen MR) is 81.7 cm³/mol. The van der Waals surface area contributed by atoms with E-state index in [-0.39, 0.29) is 12.1 Å². The summed E-state index contributed by atoms with van der Waals surface area (Å²) in [5.74, 6) is 0.857. The Hall–Kier alpha value is -0.910. The second-order valence-corrected chi connectivity index (χ2v) is 7.37. The Morgan fingerprint density at radius 3 is 3.00 bits per heavy atom. The van der Waals surface area contributed by atoms with Gasteiger partial charge in [0, 0.05) is 22.8 Å². The van der Waals surface area contributed by atoms with Gasteiger partial charge in [0.25, 0.3) is 0 Å². The van der Waals surface area contributed by atoms with Crippen LogP contribution in [0, 0.1) is 12.8 Å². The lowest BCUT2D eigenvalue weighted by Crippen LogP contribution is -2.41. The first kappa shape index (κ1) is 14.0. The van der Waals surface area contributed by atoms with Crippen LogP contribution in [0.3, 0.4) is 0 Å². The zero-order valence-corrected chi connectivity index (χ0v) is 13.1. The lowest BCUT2D eigenvalue weighted by molar-refractivity contribution is -0.128. The van der Waals surface area contributed by atoms with Crippen LogP contribution in [0.4, 0.5) is 0 Å². The van der Waals surface area contributed by atoms with Gasteiger partial charge in [0.1, 0.15) is 6.17 Å². The molecule has 20 heavy (non-hydrogen) atoms. The van der Waals surface area contributed by atoms with Crippen LogP contribution in [0.5, 0.6) is 0 Å². The minimum atomic E-state index is 0.0911. The summed E-state index contributed by atoms with van der Waals surface area (Å²) in [5, 5.41) is 3.36. The van der Waals surface area contributed by atoms with Crippen LogP contribution in [-0.2, 0) is 4.79 Å². The standard InChI is InChI=1S/C15H23N3OS/c1-11-5-6-13(20-11)15-16-8-14(19)18(15)10-12-4-3-7-17(2)9-12/h5-6,12,15-16H,3-4,7-10H2,1-2H3. The molecule has 1 aromatic heterocycles. The van der Waals surface area contributed by atoms with Gasteiger partial charge in [-0.25, -0.2) is 0 Å². The number of likely N-dealkylation sites (tertiary alicyclic amines) is 1. The molecule has 1 aromatic rings. The number of amides is 1. The third-order valence-corrected chi connectivity index (χ3v) is 5.34. The van der Waals surface area contributed by atoms with Crippen molar-refractivity contribution in [3.05, 3.63) is 21.9 Å². The fourth-order valence-corrected chi connectivity index (χ4v) is 4.27. The van der Waals surface area contributed by atoms with Gasteiger partial charge < -0.3 is 9.80 Å². The van der Waals surface area contributed by atoms with Crippen molar-refractivity contribution in [2.75, 3.05) is 33.2 Å². The Kier molecular flexibility index (Phi) is 4.10. The molecule has 2 atom stereocenters. The molecule has 0 spiro atoms. The van der Waals surface area contributed by atoms with Crippen LogP contribution in [0.25, 0.3) is 0 Å². The Labute approximate surface area is 124 Å². The fraction of sp³-hybridized carbons (Fsp3) is 0.667. The van der Waals surface area contributed by atoms with E-state index in [2.05, 4.69) is 41.2 Å². The van der Waals surface area contributed by atoms with Crippen molar-refractivity contribution in [2.24, 2.45) is 5.92 Å². The monoisotopic (exact) mass is 293 g/mol. The van der Waals surface area contributed by atoms with Crippen molar-refractivity contribution in [1.82, 2.24) is 15.1 Å². The van der Waals surface area contributed by atoms with Crippen molar-refractivity contribution in [2.45, 2.75) is 25.9 Å². The lowest BCUT2D eigenvalue weighted by Gasteiger charge is -2.34. The molecule has 0 bridgehead atoms. The average Bonchev–Trinajstić information content (AvgIpc) is 2.97. The molecule has 0 radical (unpaired) electrons. The summed E-state index contributed by atoms with van der Waals surface area (Å²) in [4.78, 5) is 19.2. The highest BCUT2D eigenvalue weighted by Gasteiger charge is 2.34. The molecule has 1 amide bonds. The van der Waals surface area contributed by atoms with Crippen molar-refractivity contribution < 1.29 is 4.79 Å². The van der Waals surface area contributed by atoms with E-state index >= 15 is 0 Å². The first-order chi connectivity index (χ1) is 9.63. The molecule has 2 saturated heterocycles. The van der Waals surface area contributed by atoms with Gasteiger partial charge >= 0.3 is 0 Å². The molecular formula is C15H23N3OS. The molecular weight excluding hydrogens is 270 g/mol. The SMILES string of the molecule is Cc1ccc(C2NCC(=O)N2CC2CCCN(C)C2)s1. The Morgan fingerprint density at radius 1 is 1.45 bits per heavy atom. The molecule has 4 nitrogen and oxygen atoms in total. The van der Waals surface area contributed by atoms with Crippen molar-refractivity contribution in [3.8, 4) is 0 Å². The van der Waals surface area contributed by atoms with Crippen LogP contribution in [-0.4, -0.2) is 48.9 Å². The summed E-state index contributed by atoms with van der Waals surface area (Å²) in [7, 11) is 2.18. The quantitative estimate of drug-likeness (QED) is 0.923. The second kappa shape index (κ2) is 5.84. The highest BCUT2D eigenvalue weighted by molar-refractivity contribution is 7.12. The predicted octanol–water partition coefficient (Wildman–Crippen LogP) is 1.83. The number of carbonyl (C=O) groups excluding carboxylic acids is 1. The van der Waals surface area contributed by atoms with Gasteiger partial charge in [0.2, 0.25) is 5.91 Å². The summed E-state index contributed by atoms with van der Waals surface area (Å²) in [6.45, 7) is 5.78. The van der Waals surface area contributed by atoms with E-state index < -0.39 is 0 Å². The fourth-order valence-electron chi connectivity index (χ4n) is 3.30. The molecule has 2 unspecified atom stereocenters. The van der Waals surface area contributed by atoms with E-state index in [4.69, 9.17) is 0 Å². The van der Waals surface area contributed by atoms with E-state index in [9.17, 15) is 4.79 Å². The number of hydrogen-bond donors (Lipinski definition) is 1. The van der Waals surface area contributed by atoms with Gasteiger partial charge in [-0.1, -0.05) is 0 Å². The molecule has 3 rings (SSSR count). The normalized spacial score (nSPS) is 28.3. The molecule has 0 aromatic carbocycles. The van der Waals surface area contributed by atoms with Gasteiger partial charge in [0.15, 0.2) is 0 Å². The van der Waals surface area contributed by atoms with Crippen LogP contribution < -0.4 is 5.32 Å². The van der Waals surface area contributed by atoms with E-state index in [0.29, 0.717) is 12.5 Å². The van der Waals surface area contributed by atoms with Gasteiger partial charge in [-0.2, -0.15) is 0 Å². The topological polar surface area (TPSA) is 35.6 Å². The highest BCUT2D eigenvalue weighted by atomic mass is 32.1. The lowest BCUT2D eigenvalue weighted by atomic mass is 9.97. The van der Waals surface area contributed by atoms with Crippen LogP contribution in [0.2, 0.25) is 0 Å². The number of nitrogens with zero attached hydrogens (tertiary/aromatic N) is 2. The zero-order valence-electron chi connectivity index (χ0n) is 12.3. The number of rotatable bonds is 3. The Morgan fingerprint density at radius 2 is 2.30 bits per heavy atom. The molecule has 2 aliphatic rings. The highest BCUT2D eigenvalue weighted by Crippen LogP contribution is 2.30. The average molecular weight is 293 g/mol. The van der Waals surface area contributed by atoms with E-state index in [1.165, 1.54) is 29.1 Å². The minimum absolute atomic E-state index is 0.0911. The third kappa shape index (κ3) is 2.90. The largest absolute Gasteiger partial charge is 0.321 e. The molecule has 2 fully saturated rings. The molecule has 1 N–H and O–H groups in total. The smallest absolute Gasteiger partial charge is 0.238 e. The summed E-state index contributed by atoms with van der Waals surface area (Å²) < 4.78 is 0. The maximum atomic E-state index is 12.2. The molecule has 110 valence electrons. The maximum absolute atomic E-state index is 12.2. The van der Waals surface area contributed by atoms with E-state index in [1.54, 1.807) is 11.3 Å². The van der Waals surface area contributed by atoms with Crippen molar-refractivity contribution >= 4 is 17.2 Å². The first-order valence-corrected chi connectivity index (χ1v) is 8.23. The number of thiophene rings is 1. The van der Waals surface area contributed by atoms with Crippen molar-refractivity contribution in [3.63, 3.8) is 0 Å². The zero-order chi connectivity index (χ0) is 14.1. The Bertz CT molecular complexity index is 487. The van der Waals surface area contributed by atoms with Crippen molar-refractivity contribution in [1.29, 1.82) is 0 Å². The molecule has 5 heteroatoms. The van der Waals surface area contributed by atoms with E-state index in [0.717, 1.165) is 13.1 Å². The third-order valence-electron chi connectivity index (χ3n) is 4.29. The molecule has 0 aliphatic carbocycles. The summed E-state index contributed by atoms with van der Waals surface area (Å²) in [6, 6.07) is 4.29. The summed E-state index contributed by atoms with van der Waals surface area (Å²) >= 11 is 1.79. The molecule has 0 saturated carbocycles. The van der Waals surface area contributed by atoms with Gasteiger partial charge in [0.05, 0.1) is 6.54 Å². The molecule has 3 heterocycles. The summed E-state index contributed by atoms with van der Waals surface area (Å²) in [6.07, 6.45) is 2.58. The molecule has 2 aliphatic heterocycles. The number of carbonyl (C=O) groups is 1. The number of piperidine rings is 1. The minimum Gasteiger partial charge on any atom is -0.321 e. The van der Waals surface area contributed by atoms with Crippen LogP contribution in [0.15, 0.2) is 12.1 Å². The summed E-state index contributed by atoms with van der Waals surface area (Å²) in [5.41, 5.74) is 0.